The van der Waals surface area contributed by atoms with Crippen LogP contribution < -0.4 is 15.4 Å². The van der Waals surface area contributed by atoms with Gasteiger partial charge >= 0.3 is 0 Å². The average molecular weight is 420 g/mol. The lowest BCUT2D eigenvalue weighted by Gasteiger charge is -2.12. The lowest BCUT2D eigenvalue weighted by atomic mass is 10.1. The smallest absolute Gasteiger partial charge is 0.272 e. The van der Waals surface area contributed by atoms with Crippen LogP contribution in [0.2, 0.25) is 0 Å². The van der Waals surface area contributed by atoms with E-state index in [9.17, 15) is 18.4 Å². The number of carbonyl (C=O) groups is 2. The van der Waals surface area contributed by atoms with E-state index in [1.807, 2.05) is 6.92 Å². The second kappa shape index (κ2) is 10.6. The third-order valence-electron chi connectivity index (χ3n) is 4.15. The number of nitrogens with zero attached hydrogens (tertiary/aromatic N) is 2. The number of hydrogen-bond acceptors (Lipinski definition) is 5. The van der Waals surface area contributed by atoms with Crippen molar-refractivity contribution >= 4 is 17.6 Å². The molecule has 7 nitrogen and oxygen atoms in total. The summed E-state index contributed by atoms with van der Waals surface area (Å²) >= 11 is 0. The van der Waals surface area contributed by atoms with Crippen LogP contribution in [0.1, 0.15) is 48.0 Å². The van der Waals surface area contributed by atoms with E-state index in [4.69, 9.17) is 4.74 Å². The highest BCUT2D eigenvalue weighted by Crippen LogP contribution is 2.18. The van der Waals surface area contributed by atoms with E-state index in [0.717, 1.165) is 0 Å². The van der Waals surface area contributed by atoms with Crippen LogP contribution in [0.3, 0.4) is 0 Å². The number of aromatic nitrogens is 2. The Labute approximate surface area is 174 Å². The Bertz CT molecular complexity index is 904. The quantitative estimate of drug-likeness (QED) is 0.648. The van der Waals surface area contributed by atoms with Gasteiger partial charge in [0.1, 0.15) is 5.82 Å². The van der Waals surface area contributed by atoms with E-state index in [0.29, 0.717) is 34.6 Å². The molecule has 2 N–H and O–H groups in total. The van der Waals surface area contributed by atoms with Gasteiger partial charge in [0.15, 0.2) is 6.61 Å². The molecule has 2 amide bonds. The van der Waals surface area contributed by atoms with Crippen molar-refractivity contribution in [1.82, 2.24) is 15.3 Å². The zero-order valence-electron chi connectivity index (χ0n) is 17.5. The molecule has 0 atom stereocenters. The van der Waals surface area contributed by atoms with Gasteiger partial charge in [0.05, 0.1) is 0 Å². The molecule has 0 bridgehead atoms. The highest BCUT2D eigenvalue weighted by molar-refractivity contribution is 5.97. The predicted molar refractivity (Wildman–Crippen MR) is 109 cm³/mol. The van der Waals surface area contributed by atoms with Gasteiger partial charge in [-0.05, 0) is 37.1 Å². The molecule has 2 rings (SSSR count). The Morgan fingerprint density at radius 3 is 2.57 bits per heavy atom. The number of pyridine rings is 2. The zero-order chi connectivity index (χ0) is 22.3. The van der Waals surface area contributed by atoms with Crippen LogP contribution in [0.25, 0.3) is 0 Å². The van der Waals surface area contributed by atoms with Crippen molar-refractivity contribution in [3.8, 4) is 5.88 Å². The minimum Gasteiger partial charge on any atom is -0.471 e. The molecular formula is C21H26F2N4O3. The molecule has 2 aromatic rings. The maximum atomic E-state index is 12.6. The summed E-state index contributed by atoms with van der Waals surface area (Å²) in [5.41, 5.74) is 2.35. The monoisotopic (exact) mass is 420 g/mol. The molecule has 0 saturated carbocycles. The third-order valence-corrected chi connectivity index (χ3v) is 4.15. The maximum absolute atomic E-state index is 12.6. The van der Waals surface area contributed by atoms with Gasteiger partial charge in [-0.15, -0.1) is 0 Å². The molecule has 2 heterocycles. The van der Waals surface area contributed by atoms with Crippen LogP contribution in [-0.4, -0.2) is 34.8 Å². The van der Waals surface area contributed by atoms with Gasteiger partial charge in [-0.1, -0.05) is 20.8 Å². The molecule has 0 saturated heterocycles. The fraction of sp³-hybridized carbons (Fsp3) is 0.429. The summed E-state index contributed by atoms with van der Waals surface area (Å²) in [6, 6.07) is 4.90. The molecule has 0 fully saturated rings. The highest BCUT2D eigenvalue weighted by atomic mass is 19.3. The van der Waals surface area contributed by atoms with Crippen LogP contribution in [0, 0.1) is 12.8 Å². The zero-order valence-corrected chi connectivity index (χ0v) is 17.5. The van der Waals surface area contributed by atoms with E-state index in [1.165, 1.54) is 12.3 Å². The lowest BCUT2D eigenvalue weighted by Crippen LogP contribution is -2.24. The summed E-state index contributed by atoms with van der Waals surface area (Å²) in [7, 11) is 0. The molecular weight excluding hydrogens is 394 g/mol. The normalized spacial score (nSPS) is 10.9. The number of amides is 2. The molecule has 162 valence electrons. The van der Waals surface area contributed by atoms with E-state index < -0.39 is 13.0 Å². The first-order valence-corrected chi connectivity index (χ1v) is 9.66. The van der Waals surface area contributed by atoms with Gasteiger partial charge in [-0.2, -0.15) is 0 Å². The number of ether oxygens (including phenoxy) is 1. The van der Waals surface area contributed by atoms with E-state index in [-0.39, 0.29) is 30.2 Å². The second-order valence-corrected chi connectivity index (χ2v) is 7.07. The summed E-state index contributed by atoms with van der Waals surface area (Å²) in [6.45, 7) is 6.61. The molecule has 0 spiro atoms. The van der Waals surface area contributed by atoms with Crippen molar-refractivity contribution in [2.75, 3.05) is 11.9 Å². The Balaban J connectivity index is 2.06. The van der Waals surface area contributed by atoms with Crippen molar-refractivity contribution in [2.45, 2.75) is 47.1 Å². The maximum Gasteiger partial charge on any atom is 0.272 e. The molecule has 0 aliphatic rings. The molecule has 30 heavy (non-hydrogen) atoms. The summed E-state index contributed by atoms with van der Waals surface area (Å²) in [5.74, 6) is -0.251. The van der Waals surface area contributed by atoms with E-state index >= 15 is 0 Å². The Kier molecular flexibility index (Phi) is 8.20. The molecule has 0 aliphatic carbocycles. The van der Waals surface area contributed by atoms with Crippen LogP contribution in [0.4, 0.5) is 14.6 Å². The van der Waals surface area contributed by atoms with Gasteiger partial charge in [-0.3, -0.25) is 9.59 Å². The third kappa shape index (κ3) is 6.75. The average Bonchev–Trinajstić information content (AvgIpc) is 2.69. The predicted octanol–water partition coefficient (Wildman–Crippen LogP) is 3.52. The fourth-order valence-corrected chi connectivity index (χ4v) is 2.59. The Morgan fingerprint density at radius 2 is 1.93 bits per heavy atom. The first-order valence-electron chi connectivity index (χ1n) is 9.66. The number of hydrogen-bond donors (Lipinski definition) is 2. The van der Waals surface area contributed by atoms with Gasteiger partial charge in [0.2, 0.25) is 11.8 Å². The number of carbonyl (C=O) groups excluding carboxylic acids is 2. The summed E-state index contributed by atoms with van der Waals surface area (Å²) < 4.78 is 29.7. The van der Waals surface area contributed by atoms with Gasteiger partial charge in [-0.25, -0.2) is 18.7 Å². The lowest BCUT2D eigenvalue weighted by molar-refractivity contribution is -0.118. The minimum atomic E-state index is -2.57. The van der Waals surface area contributed by atoms with Gasteiger partial charge in [0.25, 0.3) is 12.3 Å². The number of rotatable bonds is 9. The van der Waals surface area contributed by atoms with Crippen LogP contribution >= 0.6 is 0 Å². The largest absolute Gasteiger partial charge is 0.471 e. The number of anilines is 1. The van der Waals surface area contributed by atoms with Crippen molar-refractivity contribution in [3.63, 3.8) is 0 Å². The van der Waals surface area contributed by atoms with Crippen LogP contribution in [-0.2, 0) is 17.8 Å². The van der Waals surface area contributed by atoms with Crippen molar-refractivity contribution in [1.29, 1.82) is 0 Å². The highest BCUT2D eigenvalue weighted by Gasteiger charge is 2.13. The van der Waals surface area contributed by atoms with Crippen LogP contribution in [0.15, 0.2) is 24.4 Å². The van der Waals surface area contributed by atoms with Crippen molar-refractivity contribution in [3.05, 3.63) is 46.8 Å². The summed E-state index contributed by atoms with van der Waals surface area (Å²) in [5, 5.41) is 5.47. The SMILES string of the molecule is CCc1cc(CNC(=O)c2cc(C)nc(NC(=O)C(C)C)c2)cnc1OCC(F)F. The second-order valence-electron chi connectivity index (χ2n) is 7.07. The van der Waals surface area contributed by atoms with Gasteiger partial charge < -0.3 is 15.4 Å². The van der Waals surface area contributed by atoms with Crippen LogP contribution in [0.5, 0.6) is 5.88 Å². The number of alkyl halides is 2. The molecule has 0 aliphatic heterocycles. The van der Waals surface area contributed by atoms with Crippen molar-refractivity contribution in [2.24, 2.45) is 5.92 Å². The topological polar surface area (TPSA) is 93.2 Å². The molecule has 9 heteroatoms. The van der Waals surface area contributed by atoms with Crippen molar-refractivity contribution < 1.29 is 23.1 Å². The summed E-state index contributed by atoms with van der Waals surface area (Å²) in [6.07, 6.45) is -0.545. The standard InChI is InChI=1S/C21H26F2N4O3/c1-5-15-7-14(10-25-21(15)30-11-17(22)23)9-24-20(29)16-6-13(4)26-18(8-16)27-19(28)12(2)3/h6-8,10,12,17H,5,9,11H2,1-4H3,(H,24,29)(H,26,27,28). The Morgan fingerprint density at radius 1 is 1.20 bits per heavy atom. The first-order chi connectivity index (χ1) is 14.2. The summed E-state index contributed by atoms with van der Waals surface area (Å²) in [4.78, 5) is 32.8. The molecule has 2 aromatic heterocycles. The molecule has 0 aromatic carbocycles. The fourth-order valence-electron chi connectivity index (χ4n) is 2.59. The van der Waals surface area contributed by atoms with Gasteiger partial charge in [0, 0.05) is 35.5 Å². The Hall–Kier alpha value is -3.10. The van der Waals surface area contributed by atoms with E-state index in [2.05, 4.69) is 20.6 Å². The number of nitrogens with one attached hydrogen (secondary N) is 2. The number of halogens is 2. The van der Waals surface area contributed by atoms with E-state index in [1.54, 1.807) is 32.9 Å². The molecule has 0 radical (unpaired) electrons. The number of aryl methyl sites for hydroxylation is 2. The molecule has 0 unspecified atom stereocenters. The minimum absolute atomic E-state index is 0.170. The first kappa shape index (κ1) is 23.2.